The van der Waals surface area contributed by atoms with Crippen LogP contribution in [-0.4, -0.2) is 25.3 Å². The van der Waals surface area contributed by atoms with Crippen LogP contribution in [0.25, 0.3) is 11.2 Å². The second-order valence-electron chi connectivity index (χ2n) is 5.74. The Bertz CT molecular complexity index is 951. The number of hydrogen-bond acceptors (Lipinski definition) is 4. The minimum absolute atomic E-state index is 0.777. The topological polar surface area (TPSA) is 43.6 Å². The van der Waals surface area contributed by atoms with Gasteiger partial charge in [-0.05, 0) is 17.7 Å². The zero-order valence-corrected chi connectivity index (χ0v) is 14.6. The van der Waals surface area contributed by atoms with E-state index in [-0.39, 0.29) is 0 Å². The van der Waals surface area contributed by atoms with Gasteiger partial charge in [-0.1, -0.05) is 48.5 Å². The van der Waals surface area contributed by atoms with Gasteiger partial charge in [0.05, 0.1) is 12.7 Å². The predicted molar refractivity (Wildman–Crippen MR) is 102 cm³/mol. The number of rotatable bonds is 6. The van der Waals surface area contributed by atoms with Crippen molar-refractivity contribution in [3.8, 4) is 0 Å². The zero-order chi connectivity index (χ0) is 16.9. The van der Waals surface area contributed by atoms with E-state index in [0.29, 0.717) is 0 Å². The average Bonchev–Trinajstić information content (AvgIpc) is 3.01. The van der Waals surface area contributed by atoms with Crippen LogP contribution in [0, 0.1) is 0 Å². The maximum absolute atomic E-state index is 4.76. The van der Waals surface area contributed by atoms with Gasteiger partial charge in [0, 0.05) is 17.1 Å². The van der Waals surface area contributed by atoms with Crippen LogP contribution >= 0.6 is 11.8 Å². The minimum atomic E-state index is 0.777. The summed E-state index contributed by atoms with van der Waals surface area (Å²) in [5.41, 5.74) is 3.01. The molecule has 0 spiro atoms. The SMILES string of the molecule is c1ccc(Cn2c(CCSc3ccccc3)nc3cncnc32)cc1. The molecular weight excluding hydrogens is 328 g/mol. The third-order valence-corrected chi connectivity index (χ3v) is 5.02. The molecule has 2 aromatic heterocycles. The van der Waals surface area contributed by atoms with Crippen LogP contribution in [0.1, 0.15) is 11.4 Å². The fourth-order valence-corrected chi connectivity index (χ4v) is 3.69. The second kappa shape index (κ2) is 7.49. The largest absolute Gasteiger partial charge is 0.308 e. The summed E-state index contributed by atoms with van der Waals surface area (Å²) >= 11 is 1.85. The minimum Gasteiger partial charge on any atom is -0.308 e. The number of fused-ring (bicyclic) bond motifs is 1. The van der Waals surface area contributed by atoms with Crippen LogP contribution < -0.4 is 0 Å². The van der Waals surface area contributed by atoms with Crippen LogP contribution in [0.2, 0.25) is 0 Å². The van der Waals surface area contributed by atoms with Crippen molar-refractivity contribution in [3.63, 3.8) is 0 Å². The molecular formula is C20H18N4S. The van der Waals surface area contributed by atoms with Crippen molar-refractivity contribution >= 4 is 22.9 Å². The Labute approximate surface area is 151 Å². The highest BCUT2D eigenvalue weighted by molar-refractivity contribution is 7.99. The van der Waals surface area contributed by atoms with Gasteiger partial charge in [-0.25, -0.2) is 15.0 Å². The molecule has 2 aromatic carbocycles. The number of imidazole rings is 1. The standard InChI is InChI=1S/C20H18N4S/c1-3-7-16(8-4-1)14-24-19(23-18-13-21-15-22-20(18)24)11-12-25-17-9-5-2-6-10-17/h1-10,13,15H,11-12,14H2. The summed E-state index contributed by atoms with van der Waals surface area (Å²) in [5, 5.41) is 0. The summed E-state index contributed by atoms with van der Waals surface area (Å²) in [5.74, 6) is 2.04. The van der Waals surface area contributed by atoms with E-state index in [4.69, 9.17) is 4.98 Å². The number of aryl methyl sites for hydroxylation is 1. The Kier molecular flexibility index (Phi) is 4.74. The molecule has 4 aromatic rings. The smallest absolute Gasteiger partial charge is 0.163 e. The molecule has 4 rings (SSSR count). The van der Waals surface area contributed by atoms with E-state index in [2.05, 4.69) is 63.1 Å². The van der Waals surface area contributed by atoms with Crippen LogP contribution in [-0.2, 0) is 13.0 Å². The Morgan fingerprint density at radius 3 is 2.48 bits per heavy atom. The van der Waals surface area contributed by atoms with Gasteiger partial charge in [0.2, 0.25) is 0 Å². The molecule has 2 heterocycles. The first-order valence-corrected chi connectivity index (χ1v) is 9.25. The van der Waals surface area contributed by atoms with Crippen LogP contribution in [0.5, 0.6) is 0 Å². The molecule has 0 aliphatic carbocycles. The molecule has 5 heteroatoms. The monoisotopic (exact) mass is 346 g/mol. The fraction of sp³-hybridized carbons (Fsp3) is 0.150. The van der Waals surface area contributed by atoms with Gasteiger partial charge in [0.1, 0.15) is 17.7 Å². The van der Waals surface area contributed by atoms with Crippen LogP contribution in [0.4, 0.5) is 0 Å². The van der Waals surface area contributed by atoms with Crippen molar-refractivity contribution in [1.82, 2.24) is 19.5 Å². The average molecular weight is 346 g/mol. The lowest BCUT2D eigenvalue weighted by Crippen LogP contribution is -2.07. The van der Waals surface area contributed by atoms with E-state index < -0.39 is 0 Å². The lowest BCUT2D eigenvalue weighted by atomic mass is 10.2. The summed E-state index contributed by atoms with van der Waals surface area (Å²) in [6, 6.07) is 20.9. The molecule has 124 valence electrons. The van der Waals surface area contributed by atoms with E-state index in [1.165, 1.54) is 10.5 Å². The summed E-state index contributed by atoms with van der Waals surface area (Å²) < 4.78 is 2.21. The molecule has 0 unspecified atom stereocenters. The summed E-state index contributed by atoms with van der Waals surface area (Å²) in [4.78, 5) is 14.6. The molecule has 0 bridgehead atoms. The quantitative estimate of drug-likeness (QED) is 0.491. The van der Waals surface area contributed by atoms with Gasteiger partial charge in [-0.15, -0.1) is 11.8 Å². The molecule has 0 radical (unpaired) electrons. The zero-order valence-electron chi connectivity index (χ0n) is 13.7. The molecule has 25 heavy (non-hydrogen) atoms. The van der Waals surface area contributed by atoms with Gasteiger partial charge < -0.3 is 4.57 Å². The fourth-order valence-electron chi connectivity index (χ4n) is 2.82. The molecule has 0 saturated carbocycles. The highest BCUT2D eigenvalue weighted by atomic mass is 32.2. The Balaban J connectivity index is 1.58. The van der Waals surface area contributed by atoms with Gasteiger partial charge in [-0.3, -0.25) is 0 Å². The molecule has 0 saturated heterocycles. The molecule has 0 amide bonds. The van der Waals surface area contributed by atoms with Crippen molar-refractivity contribution in [3.05, 3.63) is 84.6 Å². The first kappa shape index (κ1) is 15.8. The number of aromatic nitrogens is 4. The summed E-state index contributed by atoms with van der Waals surface area (Å²) in [6.45, 7) is 0.777. The normalized spacial score (nSPS) is 11.0. The number of benzene rings is 2. The van der Waals surface area contributed by atoms with Crippen molar-refractivity contribution in [2.45, 2.75) is 17.9 Å². The third-order valence-electron chi connectivity index (χ3n) is 4.01. The Morgan fingerprint density at radius 1 is 0.920 bits per heavy atom. The summed E-state index contributed by atoms with van der Waals surface area (Å²) in [6.07, 6.45) is 4.27. The van der Waals surface area contributed by atoms with E-state index in [9.17, 15) is 0 Å². The number of hydrogen-bond donors (Lipinski definition) is 0. The molecule has 0 aliphatic heterocycles. The lowest BCUT2D eigenvalue weighted by molar-refractivity contribution is 0.748. The molecule has 0 fully saturated rings. The molecule has 4 nitrogen and oxygen atoms in total. The number of nitrogens with zero attached hydrogens (tertiary/aromatic N) is 4. The van der Waals surface area contributed by atoms with E-state index >= 15 is 0 Å². The van der Waals surface area contributed by atoms with Crippen molar-refractivity contribution < 1.29 is 0 Å². The van der Waals surface area contributed by atoms with Crippen molar-refractivity contribution in [2.24, 2.45) is 0 Å². The Hall–Kier alpha value is -2.66. The van der Waals surface area contributed by atoms with Gasteiger partial charge >= 0.3 is 0 Å². The number of thioether (sulfide) groups is 1. The van der Waals surface area contributed by atoms with Crippen molar-refractivity contribution in [1.29, 1.82) is 0 Å². The second-order valence-corrected chi connectivity index (χ2v) is 6.91. The van der Waals surface area contributed by atoms with Crippen LogP contribution in [0.15, 0.2) is 78.1 Å². The maximum Gasteiger partial charge on any atom is 0.163 e. The predicted octanol–water partition coefficient (Wildman–Crippen LogP) is 4.21. The third kappa shape index (κ3) is 3.72. The van der Waals surface area contributed by atoms with Crippen LogP contribution in [0.3, 0.4) is 0 Å². The molecule has 0 aliphatic rings. The highest BCUT2D eigenvalue weighted by Crippen LogP contribution is 2.21. The first-order chi connectivity index (χ1) is 12.4. The van der Waals surface area contributed by atoms with E-state index in [0.717, 1.165) is 35.7 Å². The van der Waals surface area contributed by atoms with Crippen molar-refractivity contribution in [2.75, 3.05) is 5.75 Å². The maximum atomic E-state index is 4.76. The molecule has 0 atom stereocenters. The van der Waals surface area contributed by atoms with Gasteiger partial charge in [0.25, 0.3) is 0 Å². The first-order valence-electron chi connectivity index (χ1n) is 8.27. The molecule has 0 N–H and O–H groups in total. The van der Waals surface area contributed by atoms with E-state index in [1.807, 2.05) is 23.9 Å². The van der Waals surface area contributed by atoms with Gasteiger partial charge in [0.15, 0.2) is 5.65 Å². The highest BCUT2D eigenvalue weighted by Gasteiger charge is 2.12. The van der Waals surface area contributed by atoms with Gasteiger partial charge in [-0.2, -0.15) is 0 Å². The van der Waals surface area contributed by atoms with E-state index in [1.54, 1.807) is 12.5 Å². The Morgan fingerprint density at radius 2 is 1.68 bits per heavy atom. The lowest BCUT2D eigenvalue weighted by Gasteiger charge is -2.09. The summed E-state index contributed by atoms with van der Waals surface area (Å²) in [7, 11) is 0.